The average molecular weight is 396 g/mol. The number of H-pyrrole nitrogens is 1. The van der Waals surface area contributed by atoms with Crippen LogP contribution in [0.15, 0.2) is 53.3 Å². The lowest BCUT2D eigenvalue weighted by molar-refractivity contribution is -0.385. The fraction of sp³-hybridized carbons (Fsp3) is 0.105. The number of nitrogens with one attached hydrogen (secondary N) is 2. The number of nitro benzene ring substituents is 1. The number of nitrogens with zero attached hydrogens (tertiary/aromatic N) is 2. The maximum atomic E-state index is 12.7. The lowest BCUT2D eigenvalue weighted by Crippen LogP contribution is -2.14. The van der Waals surface area contributed by atoms with Crippen LogP contribution in [0.25, 0.3) is 11.3 Å². The summed E-state index contributed by atoms with van der Waals surface area (Å²) in [6.07, 6.45) is 0. The molecule has 1 heterocycles. The minimum atomic E-state index is -0.691. The van der Waals surface area contributed by atoms with Crippen molar-refractivity contribution < 1.29 is 19.2 Å². The molecule has 0 aliphatic heterocycles. The van der Waals surface area contributed by atoms with Gasteiger partial charge in [0.1, 0.15) is 5.56 Å². The van der Waals surface area contributed by atoms with Gasteiger partial charge in [0.15, 0.2) is 11.5 Å². The molecule has 1 amide bonds. The molecule has 2 aromatic carbocycles. The zero-order valence-corrected chi connectivity index (χ0v) is 15.5. The van der Waals surface area contributed by atoms with Crippen LogP contribution in [0.1, 0.15) is 10.4 Å². The molecule has 2 N–H and O–H groups in total. The Labute approximate surface area is 164 Å². The summed E-state index contributed by atoms with van der Waals surface area (Å²) in [4.78, 5) is 34.6. The Hall–Kier alpha value is -4.21. The van der Waals surface area contributed by atoms with E-state index in [1.165, 1.54) is 26.4 Å². The second-order valence-corrected chi connectivity index (χ2v) is 5.82. The number of nitro groups is 1. The van der Waals surface area contributed by atoms with Crippen LogP contribution in [0.2, 0.25) is 0 Å². The van der Waals surface area contributed by atoms with Crippen molar-refractivity contribution in [2.75, 3.05) is 19.5 Å². The zero-order chi connectivity index (χ0) is 21.0. The van der Waals surface area contributed by atoms with E-state index in [1.807, 2.05) is 0 Å². The number of aromatic nitrogens is 2. The number of rotatable bonds is 6. The fourth-order valence-corrected chi connectivity index (χ4v) is 2.66. The Balaban J connectivity index is 1.94. The number of aromatic amines is 1. The number of amides is 1. The highest BCUT2D eigenvalue weighted by Crippen LogP contribution is 2.35. The van der Waals surface area contributed by atoms with Crippen LogP contribution in [-0.2, 0) is 0 Å². The van der Waals surface area contributed by atoms with E-state index < -0.39 is 16.5 Å². The first-order valence-corrected chi connectivity index (χ1v) is 8.31. The minimum Gasteiger partial charge on any atom is -0.493 e. The molecule has 0 unspecified atom stereocenters. The summed E-state index contributed by atoms with van der Waals surface area (Å²) in [5.74, 6) is -0.361. The maximum Gasteiger partial charge on any atom is 0.286 e. The van der Waals surface area contributed by atoms with Gasteiger partial charge >= 0.3 is 0 Å². The molecule has 10 nitrogen and oxygen atoms in total. The minimum absolute atomic E-state index is 0.141. The molecule has 0 aliphatic rings. The third kappa shape index (κ3) is 4.21. The Morgan fingerprint density at radius 1 is 1.10 bits per heavy atom. The van der Waals surface area contributed by atoms with Crippen molar-refractivity contribution in [3.05, 3.63) is 74.6 Å². The number of benzene rings is 2. The van der Waals surface area contributed by atoms with Crippen LogP contribution in [0.4, 0.5) is 11.4 Å². The third-order valence-electron chi connectivity index (χ3n) is 4.04. The predicted octanol–water partition coefficient (Wildman–Crippen LogP) is 2.61. The van der Waals surface area contributed by atoms with Gasteiger partial charge < -0.3 is 14.8 Å². The first kappa shape index (κ1) is 19.5. The molecule has 0 radical (unpaired) electrons. The van der Waals surface area contributed by atoms with Gasteiger partial charge in [-0.1, -0.05) is 12.1 Å². The van der Waals surface area contributed by atoms with Crippen molar-refractivity contribution >= 4 is 17.3 Å². The summed E-state index contributed by atoms with van der Waals surface area (Å²) in [6.45, 7) is 0. The van der Waals surface area contributed by atoms with Crippen LogP contribution in [0, 0.1) is 10.1 Å². The van der Waals surface area contributed by atoms with Gasteiger partial charge in [-0.25, -0.2) is 5.10 Å². The molecule has 0 saturated carbocycles. The highest BCUT2D eigenvalue weighted by Gasteiger charge is 2.24. The topological polar surface area (TPSA) is 136 Å². The van der Waals surface area contributed by atoms with E-state index in [-0.39, 0.29) is 22.6 Å². The molecule has 10 heteroatoms. The van der Waals surface area contributed by atoms with Crippen molar-refractivity contribution in [1.82, 2.24) is 10.2 Å². The summed E-state index contributed by atoms with van der Waals surface area (Å²) in [7, 11) is 2.71. The molecule has 3 aromatic rings. The summed E-state index contributed by atoms with van der Waals surface area (Å²) in [5.41, 5.74) is 0.598. The van der Waals surface area contributed by atoms with E-state index in [0.717, 1.165) is 6.07 Å². The lowest BCUT2D eigenvalue weighted by atomic mass is 10.1. The first-order valence-electron chi connectivity index (χ1n) is 8.31. The standard InChI is InChI=1S/C19H16N4O6/c1-28-16-9-13(15(23(26)27)10-17(16)29-2)19(25)20-12-5-3-4-11(8-12)14-6-7-18(24)22-21-14/h3-10H,1-2H3,(H,20,25)(H,22,24). The van der Waals surface area contributed by atoms with E-state index in [2.05, 4.69) is 15.5 Å². The van der Waals surface area contributed by atoms with Crippen LogP contribution in [0.5, 0.6) is 11.5 Å². The van der Waals surface area contributed by atoms with Crippen LogP contribution in [0.3, 0.4) is 0 Å². The zero-order valence-electron chi connectivity index (χ0n) is 15.5. The monoisotopic (exact) mass is 396 g/mol. The lowest BCUT2D eigenvalue weighted by Gasteiger charge is -2.11. The van der Waals surface area contributed by atoms with E-state index in [1.54, 1.807) is 30.3 Å². The van der Waals surface area contributed by atoms with Crippen molar-refractivity contribution in [2.24, 2.45) is 0 Å². The molecular formula is C19H16N4O6. The second-order valence-electron chi connectivity index (χ2n) is 5.82. The number of carbonyl (C=O) groups excluding carboxylic acids is 1. The van der Waals surface area contributed by atoms with Crippen LogP contribution >= 0.6 is 0 Å². The van der Waals surface area contributed by atoms with Crippen LogP contribution in [-0.4, -0.2) is 35.2 Å². The predicted molar refractivity (Wildman–Crippen MR) is 104 cm³/mol. The van der Waals surface area contributed by atoms with Gasteiger partial charge in [-0.05, 0) is 18.2 Å². The summed E-state index contributed by atoms with van der Waals surface area (Å²) in [6, 6.07) is 11.9. The van der Waals surface area contributed by atoms with Gasteiger partial charge in [-0.2, -0.15) is 5.10 Å². The van der Waals surface area contributed by atoms with Crippen molar-refractivity contribution in [1.29, 1.82) is 0 Å². The number of anilines is 1. The molecule has 0 aliphatic carbocycles. The maximum absolute atomic E-state index is 12.7. The van der Waals surface area contributed by atoms with Gasteiger partial charge in [0.2, 0.25) is 0 Å². The summed E-state index contributed by atoms with van der Waals surface area (Å²) < 4.78 is 10.2. The normalized spacial score (nSPS) is 10.3. The number of hydrogen-bond donors (Lipinski definition) is 2. The SMILES string of the molecule is COc1cc(C(=O)Nc2cccc(-c3ccc(=O)[nH]n3)c2)c([N+](=O)[O-])cc1OC. The summed E-state index contributed by atoms with van der Waals surface area (Å²) in [5, 5.41) is 20.3. The van der Waals surface area contributed by atoms with Crippen LogP contribution < -0.4 is 20.3 Å². The van der Waals surface area contributed by atoms with E-state index in [9.17, 15) is 19.7 Å². The molecule has 0 spiro atoms. The van der Waals surface area contributed by atoms with Gasteiger partial charge in [0.25, 0.3) is 17.2 Å². The molecular weight excluding hydrogens is 380 g/mol. The molecule has 0 saturated heterocycles. The molecule has 148 valence electrons. The Bertz CT molecular complexity index is 1120. The molecule has 1 aromatic heterocycles. The Kier molecular flexibility index (Phi) is 5.54. The first-order chi connectivity index (χ1) is 13.9. The van der Waals surface area contributed by atoms with Gasteiger partial charge in [-0.3, -0.25) is 19.7 Å². The Morgan fingerprint density at radius 2 is 1.83 bits per heavy atom. The molecule has 29 heavy (non-hydrogen) atoms. The van der Waals surface area contributed by atoms with Gasteiger partial charge in [0.05, 0.1) is 30.9 Å². The average Bonchev–Trinajstić information content (AvgIpc) is 2.73. The summed E-state index contributed by atoms with van der Waals surface area (Å²) >= 11 is 0. The molecule has 0 fully saturated rings. The smallest absolute Gasteiger partial charge is 0.286 e. The molecule has 0 atom stereocenters. The molecule has 0 bridgehead atoms. The quantitative estimate of drug-likeness (QED) is 0.483. The Morgan fingerprint density at radius 3 is 2.45 bits per heavy atom. The van der Waals surface area contributed by atoms with Crippen molar-refractivity contribution in [3.8, 4) is 22.8 Å². The van der Waals surface area contributed by atoms with Crippen molar-refractivity contribution in [2.45, 2.75) is 0 Å². The number of ether oxygens (including phenoxy) is 2. The highest BCUT2D eigenvalue weighted by molar-refractivity contribution is 6.07. The van der Waals surface area contributed by atoms with E-state index >= 15 is 0 Å². The van der Waals surface area contributed by atoms with E-state index in [4.69, 9.17) is 9.47 Å². The molecule has 3 rings (SSSR count). The van der Waals surface area contributed by atoms with E-state index in [0.29, 0.717) is 16.9 Å². The highest BCUT2D eigenvalue weighted by atomic mass is 16.6. The van der Waals surface area contributed by atoms with Gasteiger partial charge in [0, 0.05) is 23.4 Å². The fourth-order valence-electron chi connectivity index (χ4n) is 2.66. The largest absolute Gasteiger partial charge is 0.493 e. The third-order valence-corrected chi connectivity index (χ3v) is 4.04. The number of carbonyl (C=O) groups is 1. The van der Waals surface area contributed by atoms with Gasteiger partial charge in [-0.15, -0.1) is 0 Å². The number of methoxy groups -OCH3 is 2. The van der Waals surface area contributed by atoms with Crippen molar-refractivity contribution in [3.63, 3.8) is 0 Å². The number of hydrogen-bond acceptors (Lipinski definition) is 7. The second kappa shape index (κ2) is 8.21.